The maximum Gasteiger partial charge on any atom is 0.256 e. The Morgan fingerprint density at radius 3 is 2.58 bits per heavy atom. The van der Waals surface area contributed by atoms with Gasteiger partial charge in [-0.25, -0.2) is 19.3 Å². The van der Waals surface area contributed by atoms with E-state index in [1.54, 1.807) is 23.1 Å². The number of aryl methyl sites for hydroxylation is 2. The van der Waals surface area contributed by atoms with Crippen molar-refractivity contribution in [2.75, 3.05) is 18.8 Å². The minimum Gasteiger partial charge on any atom is -0.384 e. The number of hydrogen-bond acceptors (Lipinski definition) is 5. The van der Waals surface area contributed by atoms with Crippen molar-refractivity contribution in [3.8, 4) is 22.4 Å². The number of pyridine rings is 1. The molecule has 0 aliphatic carbocycles. The Balaban J connectivity index is 1.78. The van der Waals surface area contributed by atoms with E-state index in [0.29, 0.717) is 36.6 Å². The Labute approximate surface area is 181 Å². The number of hydrogen-bond donors (Lipinski definition) is 1. The summed E-state index contributed by atoms with van der Waals surface area (Å²) in [6.07, 6.45) is 5.21. The molecule has 0 bridgehead atoms. The second kappa shape index (κ2) is 8.79. The summed E-state index contributed by atoms with van der Waals surface area (Å²) in [7, 11) is 0. The van der Waals surface area contributed by atoms with Crippen molar-refractivity contribution in [3.63, 3.8) is 0 Å². The zero-order chi connectivity index (χ0) is 22.0. The molecule has 1 aliphatic heterocycles. The van der Waals surface area contributed by atoms with Crippen LogP contribution in [0.4, 0.5) is 10.2 Å². The van der Waals surface area contributed by atoms with E-state index in [4.69, 9.17) is 5.73 Å². The predicted molar refractivity (Wildman–Crippen MR) is 119 cm³/mol. The number of nitrogens with two attached hydrogens (primary N) is 1. The van der Waals surface area contributed by atoms with E-state index in [9.17, 15) is 4.79 Å². The first-order valence-corrected chi connectivity index (χ1v) is 10.7. The monoisotopic (exact) mass is 419 g/mol. The van der Waals surface area contributed by atoms with E-state index < -0.39 is 5.82 Å². The van der Waals surface area contributed by atoms with Crippen molar-refractivity contribution < 1.29 is 9.18 Å². The van der Waals surface area contributed by atoms with Crippen molar-refractivity contribution in [2.24, 2.45) is 0 Å². The molecule has 0 spiro atoms. The fourth-order valence-corrected chi connectivity index (χ4v) is 4.14. The number of nitrogen functional groups attached to an aromatic ring is 1. The van der Waals surface area contributed by atoms with Crippen LogP contribution in [0.1, 0.15) is 47.9 Å². The molecule has 7 heteroatoms. The lowest BCUT2D eigenvalue weighted by Crippen LogP contribution is -2.36. The largest absolute Gasteiger partial charge is 0.384 e. The number of likely N-dealkylation sites (tertiary alicyclic amines) is 1. The number of halogens is 1. The summed E-state index contributed by atoms with van der Waals surface area (Å²) in [5, 5.41) is 0. The summed E-state index contributed by atoms with van der Waals surface area (Å²) in [5.41, 5.74) is 10.4. The second-order valence-electron chi connectivity index (χ2n) is 7.81. The van der Waals surface area contributed by atoms with Gasteiger partial charge in [0.05, 0.1) is 17.0 Å². The van der Waals surface area contributed by atoms with Gasteiger partial charge in [0.2, 0.25) is 0 Å². The number of nitrogens with zero attached hydrogens (tertiary/aromatic N) is 4. The molecule has 0 atom stereocenters. The van der Waals surface area contributed by atoms with Crippen molar-refractivity contribution >= 4 is 11.7 Å². The SMILES string of the molecule is CCc1ncnc(-c2ccc(C(=O)N3CCCCC3)c(F)c2)c1-c1ccc(N)nc1C. The van der Waals surface area contributed by atoms with E-state index in [1.165, 1.54) is 12.4 Å². The number of benzene rings is 1. The Morgan fingerprint density at radius 1 is 1.13 bits per heavy atom. The molecule has 1 aromatic carbocycles. The molecule has 3 heterocycles. The number of aromatic nitrogens is 3. The van der Waals surface area contributed by atoms with Crippen LogP contribution in [-0.2, 0) is 6.42 Å². The van der Waals surface area contributed by atoms with Gasteiger partial charge in [0.25, 0.3) is 5.91 Å². The summed E-state index contributed by atoms with van der Waals surface area (Å²) in [5.74, 6) is -0.355. The van der Waals surface area contributed by atoms with E-state index in [2.05, 4.69) is 15.0 Å². The number of anilines is 1. The minimum atomic E-state index is -0.539. The molecule has 2 aromatic heterocycles. The van der Waals surface area contributed by atoms with Crippen molar-refractivity contribution in [3.05, 3.63) is 59.4 Å². The molecule has 0 unspecified atom stereocenters. The number of rotatable bonds is 4. The van der Waals surface area contributed by atoms with Crippen LogP contribution < -0.4 is 5.73 Å². The highest BCUT2D eigenvalue weighted by molar-refractivity contribution is 5.95. The van der Waals surface area contributed by atoms with Crippen molar-refractivity contribution in [1.29, 1.82) is 0 Å². The van der Waals surface area contributed by atoms with Gasteiger partial charge in [0.15, 0.2) is 0 Å². The van der Waals surface area contributed by atoms with Crippen LogP contribution in [0.15, 0.2) is 36.7 Å². The topological polar surface area (TPSA) is 85.0 Å². The first-order valence-electron chi connectivity index (χ1n) is 10.7. The smallest absolute Gasteiger partial charge is 0.256 e. The lowest BCUT2D eigenvalue weighted by Gasteiger charge is -2.27. The van der Waals surface area contributed by atoms with Gasteiger partial charge in [-0.1, -0.05) is 13.0 Å². The van der Waals surface area contributed by atoms with Gasteiger partial charge in [-0.15, -0.1) is 0 Å². The van der Waals surface area contributed by atoms with Gasteiger partial charge in [0, 0.05) is 35.5 Å². The Bertz CT molecular complexity index is 1120. The third-order valence-electron chi connectivity index (χ3n) is 5.75. The summed E-state index contributed by atoms with van der Waals surface area (Å²) in [6, 6.07) is 8.34. The second-order valence-corrected chi connectivity index (χ2v) is 7.81. The average molecular weight is 420 g/mol. The molecular formula is C24H26FN5O. The van der Waals surface area contributed by atoms with Crippen LogP contribution in [0.3, 0.4) is 0 Å². The highest BCUT2D eigenvalue weighted by Gasteiger charge is 2.23. The third kappa shape index (κ3) is 4.13. The first kappa shape index (κ1) is 20.9. The molecular weight excluding hydrogens is 393 g/mol. The summed E-state index contributed by atoms with van der Waals surface area (Å²) in [6.45, 7) is 5.25. The Hall–Kier alpha value is -3.35. The lowest BCUT2D eigenvalue weighted by molar-refractivity contribution is 0.0719. The van der Waals surface area contributed by atoms with Crippen molar-refractivity contribution in [2.45, 2.75) is 39.5 Å². The summed E-state index contributed by atoms with van der Waals surface area (Å²) < 4.78 is 15.1. The molecule has 0 saturated carbocycles. The lowest BCUT2D eigenvalue weighted by atomic mass is 9.95. The van der Waals surface area contributed by atoms with Gasteiger partial charge in [-0.2, -0.15) is 0 Å². The zero-order valence-corrected chi connectivity index (χ0v) is 17.9. The molecule has 1 saturated heterocycles. The molecule has 160 valence electrons. The highest BCUT2D eigenvalue weighted by atomic mass is 19.1. The number of piperidine rings is 1. The first-order chi connectivity index (χ1) is 15.0. The zero-order valence-electron chi connectivity index (χ0n) is 17.9. The highest BCUT2D eigenvalue weighted by Crippen LogP contribution is 2.35. The normalized spacial score (nSPS) is 14.0. The molecule has 0 radical (unpaired) electrons. The van der Waals surface area contributed by atoms with E-state index in [1.807, 2.05) is 19.9 Å². The van der Waals surface area contributed by atoms with Gasteiger partial charge in [-0.3, -0.25) is 4.79 Å². The van der Waals surface area contributed by atoms with Crippen LogP contribution in [0.25, 0.3) is 22.4 Å². The van der Waals surface area contributed by atoms with E-state index >= 15 is 4.39 Å². The quantitative estimate of drug-likeness (QED) is 0.676. The molecule has 4 rings (SSSR count). The molecule has 6 nitrogen and oxygen atoms in total. The molecule has 1 aliphatic rings. The number of carbonyl (C=O) groups excluding carboxylic acids is 1. The minimum absolute atomic E-state index is 0.0994. The average Bonchev–Trinajstić information content (AvgIpc) is 2.79. The van der Waals surface area contributed by atoms with Crippen molar-refractivity contribution in [1.82, 2.24) is 19.9 Å². The molecule has 3 aromatic rings. The third-order valence-corrected chi connectivity index (χ3v) is 5.75. The van der Waals surface area contributed by atoms with Crippen LogP contribution >= 0.6 is 0 Å². The Kier molecular flexibility index (Phi) is 5.93. The predicted octanol–water partition coefficient (Wildman–Crippen LogP) is 4.42. The molecule has 2 N–H and O–H groups in total. The van der Waals surface area contributed by atoms with Gasteiger partial charge in [-0.05, 0) is 56.9 Å². The fraction of sp³-hybridized carbons (Fsp3) is 0.333. The van der Waals surface area contributed by atoms with Crippen LogP contribution in [-0.4, -0.2) is 38.8 Å². The molecule has 1 amide bonds. The summed E-state index contributed by atoms with van der Waals surface area (Å²) >= 11 is 0. The van der Waals surface area contributed by atoms with Crippen LogP contribution in [0, 0.1) is 12.7 Å². The molecule has 1 fully saturated rings. The van der Waals surface area contributed by atoms with Gasteiger partial charge < -0.3 is 10.6 Å². The molecule has 31 heavy (non-hydrogen) atoms. The maximum absolute atomic E-state index is 15.1. The standard InChI is InChI=1S/C24H26FN5O/c1-3-20-22(17-9-10-21(26)29-15(17)2)23(28-14-27-20)16-7-8-18(19(25)13-16)24(31)30-11-5-4-6-12-30/h7-10,13-14H,3-6,11-12H2,1-2H3,(H2,26,29). The van der Waals surface area contributed by atoms with Gasteiger partial charge in [0.1, 0.15) is 18.0 Å². The van der Waals surface area contributed by atoms with Gasteiger partial charge >= 0.3 is 0 Å². The van der Waals surface area contributed by atoms with E-state index in [-0.39, 0.29) is 11.5 Å². The number of amides is 1. The Morgan fingerprint density at radius 2 is 1.90 bits per heavy atom. The van der Waals surface area contributed by atoms with E-state index in [0.717, 1.165) is 41.8 Å². The maximum atomic E-state index is 15.1. The van der Waals surface area contributed by atoms with Crippen LogP contribution in [0.2, 0.25) is 0 Å². The van der Waals surface area contributed by atoms with Crippen LogP contribution in [0.5, 0.6) is 0 Å². The summed E-state index contributed by atoms with van der Waals surface area (Å²) in [4.78, 5) is 27.8. The number of carbonyl (C=O) groups is 1. The fourth-order valence-electron chi connectivity index (χ4n) is 4.14.